The molecule has 0 unspecified atom stereocenters. The Bertz CT molecular complexity index is 735. The van der Waals surface area contributed by atoms with Gasteiger partial charge in [0, 0.05) is 35.8 Å². The molecule has 5 nitrogen and oxygen atoms in total. The topological polar surface area (TPSA) is 59.6 Å². The molecular weight excluding hydrogens is 302 g/mol. The van der Waals surface area contributed by atoms with E-state index >= 15 is 0 Å². The monoisotopic (exact) mass is 327 g/mol. The highest BCUT2D eigenvalue weighted by atomic mass is 16.3. The van der Waals surface area contributed by atoms with Gasteiger partial charge in [-0.15, -0.1) is 0 Å². The van der Waals surface area contributed by atoms with Crippen LogP contribution in [0.1, 0.15) is 36.0 Å². The number of rotatable bonds is 3. The normalized spacial score (nSPS) is 25.5. The predicted octanol–water partition coefficient (Wildman–Crippen LogP) is 2.23. The van der Waals surface area contributed by atoms with Crippen molar-refractivity contribution in [3.63, 3.8) is 0 Å². The second-order valence-electron chi connectivity index (χ2n) is 7.32. The maximum atomic E-state index is 12.9. The van der Waals surface area contributed by atoms with E-state index in [0.717, 1.165) is 43.4 Å². The number of benzene rings is 1. The number of carbonyl (C=O) groups is 1. The van der Waals surface area contributed by atoms with Crippen LogP contribution in [0.4, 0.5) is 0 Å². The lowest BCUT2D eigenvalue weighted by Crippen LogP contribution is -2.55. The van der Waals surface area contributed by atoms with E-state index in [0.29, 0.717) is 18.7 Å². The van der Waals surface area contributed by atoms with Crippen LogP contribution in [0.3, 0.4) is 0 Å². The van der Waals surface area contributed by atoms with Gasteiger partial charge in [-0.05, 0) is 63.0 Å². The molecule has 2 saturated heterocycles. The highest BCUT2D eigenvalue weighted by molar-refractivity contribution is 5.98. The zero-order valence-corrected chi connectivity index (χ0v) is 14.0. The molecule has 0 bridgehead atoms. The van der Waals surface area contributed by atoms with Gasteiger partial charge in [0.05, 0.1) is 12.1 Å². The lowest BCUT2D eigenvalue weighted by molar-refractivity contribution is -0.0431. The molecule has 2 N–H and O–H groups in total. The first-order valence-corrected chi connectivity index (χ1v) is 8.94. The van der Waals surface area contributed by atoms with Gasteiger partial charge in [-0.1, -0.05) is 0 Å². The number of hydrogen-bond acceptors (Lipinski definition) is 3. The number of H-pyrrole nitrogens is 1. The fraction of sp³-hybridized carbons (Fsp3) is 0.526. The summed E-state index contributed by atoms with van der Waals surface area (Å²) in [5, 5.41) is 12.0. The number of carbonyl (C=O) groups excluding carboxylic acids is 1. The number of amides is 1. The van der Waals surface area contributed by atoms with Crippen LogP contribution in [0.2, 0.25) is 0 Å². The van der Waals surface area contributed by atoms with Gasteiger partial charge in [0.2, 0.25) is 0 Å². The molecule has 2 aromatic rings. The lowest BCUT2D eigenvalue weighted by atomic mass is 9.91. The van der Waals surface area contributed by atoms with E-state index in [1.54, 1.807) is 0 Å². The van der Waals surface area contributed by atoms with E-state index in [9.17, 15) is 9.90 Å². The summed E-state index contributed by atoms with van der Waals surface area (Å²) in [7, 11) is 0. The number of nitrogens with one attached hydrogen (secondary N) is 1. The van der Waals surface area contributed by atoms with Crippen molar-refractivity contribution in [2.75, 3.05) is 32.7 Å². The molecule has 0 spiro atoms. The Morgan fingerprint density at radius 1 is 1.17 bits per heavy atom. The van der Waals surface area contributed by atoms with Crippen LogP contribution in [0.15, 0.2) is 30.5 Å². The second kappa shape index (κ2) is 6.22. The van der Waals surface area contributed by atoms with Gasteiger partial charge in [-0.3, -0.25) is 4.79 Å². The zero-order valence-electron chi connectivity index (χ0n) is 14.0. The summed E-state index contributed by atoms with van der Waals surface area (Å²) in [5.41, 5.74) is 0.972. The number of hydrogen-bond donors (Lipinski definition) is 2. The molecule has 1 aromatic carbocycles. The van der Waals surface area contributed by atoms with Crippen molar-refractivity contribution < 1.29 is 9.90 Å². The number of nitrogens with zero attached hydrogens (tertiary/aromatic N) is 2. The highest BCUT2D eigenvalue weighted by Crippen LogP contribution is 2.26. The van der Waals surface area contributed by atoms with Gasteiger partial charge in [0.1, 0.15) is 0 Å². The van der Waals surface area contributed by atoms with Crippen molar-refractivity contribution in [3.8, 4) is 0 Å². The van der Waals surface area contributed by atoms with Crippen LogP contribution in [0.5, 0.6) is 0 Å². The minimum absolute atomic E-state index is 0.0256. The Hall–Kier alpha value is -1.85. The molecule has 1 aromatic heterocycles. The number of likely N-dealkylation sites (tertiary alicyclic amines) is 2. The minimum Gasteiger partial charge on any atom is -0.387 e. The Morgan fingerprint density at radius 3 is 2.83 bits per heavy atom. The Labute approximate surface area is 142 Å². The van der Waals surface area contributed by atoms with Gasteiger partial charge in [0.15, 0.2) is 0 Å². The number of aromatic nitrogens is 1. The average Bonchev–Trinajstić information content (AvgIpc) is 3.24. The number of piperidine rings is 1. The van der Waals surface area contributed by atoms with Crippen LogP contribution >= 0.6 is 0 Å². The molecule has 24 heavy (non-hydrogen) atoms. The molecule has 1 atom stereocenters. The molecule has 2 aliphatic heterocycles. The van der Waals surface area contributed by atoms with Crippen LogP contribution in [-0.4, -0.2) is 64.1 Å². The molecule has 0 saturated carbocycles. The first-order valence-electron chi connectivity index (χ1n) is 8.94. The molecule has 1 amide bonds. The Balaban J connectivity index is 1.49. The molecule has 0 radical (unpaired) electrons. The van der Waals surface area contributed by atoms with Crippen molar-refractivity contribution >= 4 is 16.8 Å². The van der Waals surface area contributed by atoms with Gasteiger partial charge in [-0.2, -0.15) is 0 Å². The first kappa shape index (κ1) is 15.7. The average molecular weight is 327 g/mol. The third kappa shape index (κ3) is 3.06. The summed E-state index contributed by atoms with van der Waals surface area (Å²) in [6.07, 6.45) is 5.96. The third-order valence-corrected chi connectivity index (χ3v) is 5.36. The fourth-order valence-electron chi connectivity index (χ4n) is 4.14. The molecule has 0 aliphatic carbocycles. The molecule has 2 fully saturated rings. The summed E-state index contributed by atoms with van der Waals surface area (Å²) in [6, 6.07) is 7.73. The standard InChI is InChI=1S/C19H25N3O2/c23-18(16-4-5-17-15(12-16)6-8-20-17)22-11-3-7-19(24,14-22)13-21-9-1-2-10-21/h4-6,8,12,20,24H,1-3,7,9-11,13-14H2/t19-/m1/s1. The smallest absolute Gasteiger partial charge is 0.253 e. The van der Waals surface area contributed by atoms with Crippen LogP contribution in [0, 0.1) is 0 Å². The Morgan fingerprint density at radius 2 is 2.00 bits per heavy atom. The van der Waals surface area contributed by atoms with E-state index in [1.165, 1.54) is 12.8 Å². The van der Waals surface area contributed by atoms with Crippen molar-refractivity contribution in [2.45, 2.75) is 31.3 Å². The van der Waals surface area contributed by atoms with Crippen molar-refractivity contribution in [1.82, 2.24) is 14.8 Å². The lowest BCUT2D eigenvalue weighted by Gasteiger charge is -2.41. The highest BCUT2D eigenvalue weighted by Gasteiger charge is 2.37. The molecule has 128 valence electrons. The van der Waals surface area contributed by atoms with Crippen LogP contribution < -0.4 is 0 Å². The number of β-amino-alcohol motifs (C(OH)–C–C–N with tert-alkyl or cyclic N) is 1. The minimum atomic E-state index is -0.767. The third-order valence-electron chi connectivity index (χ3n) is 5.36. The number of aliphatic hydroxyl groups is 1. The second-order valence-corrected chi connectivity index (χ2v) is 7.32. The van der Waals surface area contributed by atoms with Gasteiger partial charge in [0.25, 0.3) is 5.91 Å². The molecule has 5 heteroatoms. The maximum absolute atomic E-state index is 12.9. The van der Waals surface area contributed by atoms with E-state index in [4.69, 9.17) is 0 Å². The van der Waals surface area contributed by atoms with Crippen molar-refractivity contribution in [1.29, 1.82) is 0 Å². The van der Waals surface area contributed by atoms with E-state index < -0.39 is 5.60 Å². The summed E-state index contributed by atoms with van der Waals surface area (Å²) in [5.74, 6) is 0.0256. The summed E-state index contributed by atoms with van der Waals surface area (Å²) in [4.78, 5) is 20.2. The van der Waals surface area contributed by atoms with Gasteiger partial charge >= 0.3 is 0 Å². The maximum Gasteiger partial charge on any atom is 0.253 e. The van der Waals surface area contributed by atoms with E-state index in [2.05, 4.69) is 9.88 Å². The van der Waals surface area contributed by atoms with E-state index in [1.807, 2.05) is 35.4 Å². The molecule has 4 rings (SSSR count). The summed E-state index contributed by atoms with van der Waals surface area (Å²) in [6.45, 7) is 3.99. The number of fused-ring (bicyclic) bond motifs is 1. The first-order chi connectivity index (χ1) is 11.6. The van der Waals surface area contributed by atoms with Crippen molar-refractivity contribution in [3.05, 3.63) is 36.0 Å². The van der Waals surface area contributed by atoms with Crippen LogP contribution in [-0.2, 0) is 0 Å². The molecule has 3 heterocycles. The number of aromatic amines is 1. The van der Waals surface area contributed by atoms with Gasteiger partial charge in [-0.25, -0.2) is 0 Å². The van der Waals surface area contributed by atoms with Crippen molar-refractivity contribution in [2.24, 2.45) is 0 Å². The predicted molar refractivity (Wildman–Crippen MR) is 94.1 cm³/mol. The summed E-state index contributed by atoms with van der Waals surface area (Å²) < 4.78 is 0. The summed E-state index contributed by atoms with van der Waals surface area (Å²) >= 11 is 0. The SMILES string of the molecule is O=C(c1ccc2[nH]ccc2c1)N1CCC[C@@](O)(CN2CCCC2)C1. The largest absolute Gasteiger partial charge is 0.387 e. The zero-order chi connectivity index (χ0) is 16.6. The molecule has 2 aliphatic rings. The fourth-order valence-corrected chi connectivity index (χ4v) is 4.14. The van der Waals surface area contributed by atoms with E-state index in [-0.39, 0.29) is 5.91 Å². The van der Waals surface area contributed by atoms with Crippen LogP contribution in [0.25, 0.3) is 10.9 Å². The quantitative estimate of drug-likeness (QED) is 0.909. The molecular formula is C19H25N3O2. The Kier molecular flexibility index (Phi) is 4.06. The van der Waals surface area contributed by atoms with Gasteiger partial charge < -0.3 is 19.9 Å².